The van der Waals surface area contributed by atoms with Gasteiger partial charge in [0, 0.05) is 6.07 Å². The second-order valence-electron chi connectivity index (χ2n) is 3.16. The number of nitrogens with zero attached hydrogens (tertiary/aromatic N) is 2. The minimum absolute atomic E-state index is 0.103. The minimum Gasteiger partial charge on any atom is -0.198 e. The van der Waals surface area contributed by atoms with Gasteiger partial charge in [0.15, 0.2) is 0 Å². The summed E-state index contributed by atoms with van der Waals surface area (Å²) in [5, 5.41) is 0. The fourth-order valence-corrected chi connectivity index (χ4v) is 1.36. The number of aryl methyl sites for hydroxylation is 2. The second-order valence-corrected chi connectivity index (χ2v) is 3.16. The van der Waals surface area contributed by atoms with Crippen molar-refractivity contribution in [3.05, 3.63) is 28.9 Å². The second kappa shape index (κ2) is 4.80. The Morgan fingerprint density at radius 3 is 2.77 bits per heavy atom. The average Bonchev–Trinajstić information content (AvgIpc) is 2.13. The Hall–Kier alpha value is -1.12. The van der Waals surface area contributed by atoms with E-state index in [9.17, 15) is 4.79 Å². The van der Waals surface area contributed by atoms with Crippen LogP contribution in [-0.2, 0) is 13.1 Å². The Morgan fingerprint density at radius 1 is 1.38 bits per heavy atom. The smallest absolute Gasteiger partial charge is 0.198 e. The Balaban J connectivity index is 2.97. The Morgan fingerprint density at radius 2 is 2.15 bits per heavy atom. The number of aromatic nitrogens is 2. The van der Waals surface area contributed by atoms with E-state index in [4.69, 9.17) is 0 Å². The van der Waals surface area contributed by atoms with Gasteiger partial charge in [0.25, 0.3) is 0 Å². The first-order valence-electron chi connectivity index (χ1n) is 4.88. The maximum Gasteiger partial charge on any atom is 0.497 e. The van der Waals surface area contributed by atoms with Crippen LogP contribution in [0.15, 0.2) is 23.3 Å². The molecule has 0 aliphatic rings. The van der Waals surface area contributed by atoms with Crippen LogP contribution in [0.25, 0.3) is 0 Å². The van der Waals surface area contributed by atoms with E-state index in [1.165, 1.54) is 0 Å². The molecule has 0 radical (unpaired) electrons. The van der Waals surface area contributed by atoms with Crippen LogP contribution in [0.1, 0.15) is 26.7 Å². The van der Waals surface area contributed by atoms with E-state index in [2.05, 4.69) is 13.8 Å². The summed E-state index contributed by atoms with van der Waals surface area (Å²) < 4.78 is 3.52. The molecule has 0 aliphatic heterocycles. The number of hydrogen-bond acceptors (Lipinski definition) is 1. The van der Waals surface area contributed by atoms with E-state index in [0.717, 1.165) is 25.9 Å². The van der Waals surface area contributed by atoms with Crippen molar-refractivity contribution in [2.24, 2.45) is 0 Å². The van der Waals surface area contributed by atoms with E-state index in [0.29, 0.717) is 0 Å². The quantitative estimate of drug-likeness (QED) is 0.635. The topological polar surface area (TPSA) is 25.9 Å². The van der Waals surface area contributed by atoms with Gasteiger partial charge >= 0.3 is 5.69 Å². The summed E-state index contributed by atoms with van der Waals surface area (Å²) >= 11 is 0. The zero-order valence-corrected chi connectivity index (χ0v) is 8.36. The Kier molecular flexibility index (Phi) is 3.68. The summed E-state index contributed by atoms with van der Waals surface area (Å²) in [5.41, 5.74) is 0.103. The number of rotatable bonds is 4. The highest BCUT2D eigenvalue weighted by molar-refractivity contribution is 4.75. The van der Waals surface area contributed by atoms with Gasteiger partial charge < -0.3 is 0 Å². The lowest BCUT2D eigenvalue weighted by molar-refractivity contribution is -0.715. The molecule has 0 aromatic carbocycles. The zero-order chi connectivity index (χ0) is 9.68. The number of hydrogen-bond donors (Lipinski definition) is 0. The molecular formula is C10H17N2O+. The summed E-state index contributed by atoms with van der Waals surface area (Å²) in [7, 11) is 0. The fourth-order valence-electron chi connectivity index (χ4n) is 1.36. The molecule has 0 unspecified atom stereocenters. The largest absolute Gasteiger partial charge is 0.497 e. The summed E-state index contributed by atoms with van der Waals surface area (Å²) in [5.74, 6) is 0. The van der Waals surface area contributed by atoms with Gasteiger partial charge in [0.05, 0.1) is 25.5 Å². The molecule has 13 heavy (non-hydrogen) atoms. The highest BCUT2D eigenvalue weighted by Crippen LogP contribution is 1.83. The van der Waals surface area contributed by atoms with Crippen LogP contribution in [0, 0.1) is 0 Å². The SMILES string of the molecule is CCCn1ccc[n+](CCC)c1=O. The molecule has 1 heterocycles. The summed E-state index contributed by atoms with van der Waals surface area (Å²) in [4.78, 5) is 11.7. The lowest BCUT2D eigenvalue weighted by Crippen LogP contribution is -2.53. The third-order valence-corrected chi connectivity index (χ3v) is 1.95. The molecule has 1 aromatic rings. The van der Waals surface area contributed by atoms with Crippen molar-refractivity contribution in [1.29, 1.82) is 0 Å². The van der Waals surface area contributed by atoms with Crippen LogP contribution < -0.4 is 10.3 Å². The summed E-state index contributed by atoms with van der Waals surface area (Å²) in [6.45, 7) is 5.76. The van der Waals surface area contributed by atoms with Gasteiger partial charge in [-0.05, 0) is 12.8 Å². The normalized spacial score (nSPS) is 10.3. The molecule has 0 fully saturated rings. The van der Waals surface area contributed by atoms with Gasteiger partial charge in [-0.1, -0.05) is 13.8 Å². The molecule has 0 bridgehead atoms. The van der Waals surface area contributed by atoms with Crippen LogP contribution in [0.3, 0.4) is 0 Å². The van der Waals surface area contributed by atoms with Crippen molar-refractivity contribution in [2.75, 3.05) is 0 Å². The van der Waals surface area contributed by atoms with Gasteiger partial charge in [-0.3, -0.25) is 0 Å². The summed E-state index contributed by atoms with van der Waals surface area (Å²) in [6, 6.07) is 1.92. The minimum atomic E-state index is 0.103. The fraction of sp³-hybridized carbons (Fsp3) is 0.600. The monoisotopic (exact) mass is 181 g/mol. The standard InChI is InChI=1S/C10H17N2O/c1-3-6-11-8-5-9-12(7-4-2)10(11)13/h5,8-9H,3-4,6-7H2,1-2H3/q+1. The van der Waals surface area contributed by atoms with Crippen molar-refractivity contribution in [3.8, 4) is 0 Å². The lowest BCUT2D eigenvalue weighted by Gasteiger charge is -1.99. The predicted octanol–water partition coefficient (Wildman–Crippen LogP) is 0.956. The van der Waals surface area contributed by atoms with Crippen molar-refractivity contribution in [2.45, 2.75) is 39.8 Å². The van der Waals surface area contributed by atoms with E-state index >= 15 is 0 Å². The molecule has 3 heteroatoms. The summed E-state index contributed by atoms with van der Waals surface area (Å²) in [6.07, 6.45) is 5.68. The molecule has 0 spiro atoms. The van der Waals surface area contributed by atoms with Crippen LogP contribution in [0.2, 0.25) is 0 Å². The average molecular weight is 181 g/mol. The molecular weight excluding hydrogens is 164 g/mol. The maximum absolute atomic E-state index is 11.7. The molecule has 3 nitrogen and oxygen atoms in total. The molecule has 1 aromatic heterocycles. The van der Waals surface area contributed by atoms with E-state index < -0.39 is 0 Å². The third kappa shape index (κ3) is 2.41. The predicted molar refractivity (Wildman–Crippen MR) is 51.5 cm³/mol. The zero-order valence-electron chi connectivity index (χ0n) is 8.36. The van der Waals surface area contributed by atoms with Crippen molar-refractivity contribution in [1.82, 2.24) is 4.57 Å². The van der Waals surface area contributed by atoms with Gasteiger partial charge in [0.2, 0.25) is 0 Å². The van der Waals surface area contributed by atoms with Gasteiger partial charge in [-0.15, -0.1) is 0 Å². The highest BCUT2D eigenvalue weighted by atomic mass is 16.1. The third-order valence-electron chi connectivity index (χ3n) is 1.95. The molecule has 0 saturated carbocycles. The molecule has 0 saturated heterocycles. The van der Waals surface area contributed by atoms with E-state index in [1.54, 1.807) is 9.13 Å². The molecule has 1 rings (SSSR count). The van der Waals surface area contributed by atoms with Gasteiger partial charge in [-0.2, -0.15) is 13.9 Å². The first-order chi connectivity index (χ1) is 6.29. The molecule has 0 N–H and O–H groups in total. The molecule has 72 valence electrons. The maximum atomic E-state index is 11.7. The van der Waals surface area contributed by atoms with Gasteiger partial charge in [-0.25, -0.2) is 0 Å². The van der Waals surface area contributed by atoms with Crippen molar-refractivity contribution in [3.63, 3.8) is 0 Å². The van der Waals surface area contributed by atoms with Crippen LogP contribution in [0.5, 0.6) is 0 Å². The van der Waals surface area contributed by atoms with Crippen molar-refractivity contribution >= 4 is 0 Å². The Labute approximate surface area is 78.6 Å². The molecule has 0 atom stereocenters. The lowest BCUT2D eigenvalue weighted by atomic mass is 10.4. The van der Waals surface area contributed by atoms with Crippen LogP contribution in [0.4, 0.5) is 0 Å². The molecule has 0 amide bonds. The van der Waals surface area contributed by atoms with E-state index in [-0.39, 0.29) is 5.69 Å². The molecule has 0 aliphatic carbocycles. The highest BCUT2D eigenvalue weighted by Gasteiger charge is 2.06. The van der Waals surface area contributed by atoms with Gasteiger partial charge in [0.1, 0.15) is 0 Å². The van der Waals surface area contributed by atoms with Crippen LogP contribution in [-0.4, -0.2) is 4.57 Å². The first kappa shape index (κ1) is 9.96. The Bertz CT molecular complexity index is 290. The first-order valence-corrected chi connectivity index (χ1v) is 4.88. The van der Waals surface area contributed by atoms with Crippen LogP contribution >= 0.6 is 0 Å². The van der Waals surface area contributed by atoms with Crippen molar-refractivity contribution < 1.29 is 4.57 Å². The van der Waals surface area contributed by atoms with E-state index in [1.807, 2.05) is 18.5 Å².